The van der Waals surface area contributed by atoms with Crippen molar-refractivity contribution in [3.8, 4) is 17.2 Å². The van der Waals surface area contributed by atoms with E-state index < -0.39 is 0 Å². The molecule has 0 bridgehead atoms. The number of fused-ring (bicyclic) bond motifs is 1. The van der Waals surface area contributed by atoms with Crippen molar-refractivity contribution in [2.45, 2.75) is 13.8 Å². The fraction of sp³-hybridized carbons (Fsp3) is 0.118. The summed E-state index contributed by atoms with van der Waals surface area (Å²) in [5.41, 5.74) is 0.410. The zero-order chi connectivity index (χ0) is 15.9. The van der Waals surface area contributed by atoms with Gasteiger partial charge in [0.15, 0.2) is 5.78 Å². The molecule has 0 aliphatic rings. The lowest BCUT2D eigenvalue weighted by Crippen LogP contribution is -2.13. The van der Waals surface area contributed by atoms with E-state index in [-0.39, 0.29) is 49.8 Å². The quantitative estimate of drug-likeness (QED) is 0.582. The molecule has 2 rings (SSSR count). The Balaban J connectivity index is 3.16. The number of aromatic hydroxyl groups is 3. The van der Waals surface area contributed by atoms with Crippen LogP contribution >= 0.6 is 0 Å². The summed E-state index contributed by atoms with van der Waals surface area (Å²) in [5, 5.41) is 31.5. The lowest BCUT2D eigenvalue weighted by Gasteiger charge is -2.12. The van der Waals surface area contributed by atoms with Crippen LogP contribution in [0.25, 0.3) is 30.0 Å². The minimum absolute atomic E-state index is 0.0467. The molecule has 0 radical (unpaired) electrons. The van der Waals surface area contributed by atoms with Crippen molar-refractivity contribution in [1.82, 2.24) is 0 Å². The van der Waals surface area contributed by atoms with Crippen LogP contribution in [0.4, 0.5) is 0 Å². The van der Waals surface area contributed by atoms with Crippen LogP contribution in [-0.4, -0.2) is 21.1 Å². The van der Waals surface area contributed by atoms with Gasteiger partial charge in [-0.3, -0.25) is 4.79 Å². The van der Waals surface area contributed by atoms with Crippen LogP contribution in [0.1, 0.15) is 29.8 Å². The van der Waals surface area contributed by atoms with Crippen molar-refractivity contribution in [3.05, 3.63) is 33.7 Å². The molecule has 21 heavy (non-hydrogen) atoms. The number of carbonyl (C=O) groups is 1. The highest BCUT2D eigenvalue weighted by Gasteiger charge is 2.18. The van der Waals surface area contributed by atoms with Crippen LogP contribution in [0.15, 0.2) is 12.1 Å². The molecule has 0 fully saturated rings. The predicted octanol–water partition coefficient (Wildman–Crippen LogP) is 2.01. The lowest BCUT2D eigenvalue weighted by atomic mass is 9.96. The number of ketones is 1. The first-order valence-corrected chi connectivity index (χ1v) is 6.36. The Hall–Kier alpha value is -2.75. The first-order valence-electron chi connectivity index (χ1n) is 6.36. The van der Waals surface area contributed by atoms with Gasteiger partial charge in [-0.25, -0.2) is 0 Å². The van der Waals surface area contributed by atoms with E-state index >= 15 is 0 Å². The highest BCUT2D eigenvalue weighted by molar-refractivity contribution is 6.05. The molecule has 108 valence electrons. The maximum absolute atomic E-state index is 11.6. The number of hydrogen-bond acceptors (Lipinski definition) is 4. The number of phenolic OH excluding ortho intramolecular Hbond substituents is 3. The Bertz CT molecular complexity index is 892. The van der Waals surface area contributed by atoms with Crippen LogP contribution in [0.3, 0.4) is 0 Å². The molecular formula is C17H16O4. The SMILES string of the molecule is C=c1c(C=CC)c(O)c2cc(C(C)=O)c(O)c(=C)c2c1O. The number of phenols is 3. The first-order chi connectivity index (χ1) is 9.81. The van der Waals surface area contributed by atoms with Gasteiger partial charge in [-0.1, -0.05) is 25.3 Å². The van der Waals surface area contributed by atoms with Crippen molar-refractivity contribution in [1.29, 1.82) is 0 Å². The third-order valence-electron chi connectivity index (χ3n) is 3.47. The average Bonchev–Trinajstić information content (AvgIpc) is 2.43. The normalized spacial score (nSPS) is 11.3. The van der Waals surface area contributed by atoms with Gasteiger partial charge in [0.05, 0.1) is 5.56 Å². The van der Waals surface area contributed by atoms with Gasteiger partial charge >= 0.3 is 0 Å². The number of allylic oxidation sites excluding steroid dienone is 1. The summed E-state index contributed by atoms with van der Waals surface area (Å²) < 4.78 is 0. The second-order valence-electron chi connectivity index (χ2n) is 4.82. The summed E-state index contributed by atoms with van der Waals surface area (Å²) in [6.07, 6.45) is 3.31. The topological polar surface area (TPSA) is 77.8 Å². The van der Waals surface area contributed by atoms with Crippen molar-refractivity contribution in [2.75, 3.05) is 0 Å². The summed E-state index contributed by atoms with van der Waals surface area (Å²) in [7, 11) is 0. The van der Waals surface area contributed by atoms with Gasteiger partial charge in [-0.05, 0) is 19.9 Å². The lowest BCUT2D eigenvalue weighted by molar-refractivity contribution is 0.101. The highest BCUT2D eigenvalue weighted by atomic mass is 16.3. The minimum atomic E-state index is -0.357. The van der Waals surface area contributed by atoms with Crippen molar-refractivity contribution in [2.24, 2.45) is 0 Å². The van der Waals surface area contributed by atoms with Crippen molar-refractivity contribution < 1.29 is 20.1 Å². The number of hydrogen-bond donors (Lipinski definition) is 3. The molecule has 3 N–H and O–H groups in total. The Morgan fingerprint density at radius 2 is 1.71 bits per heavy atom. The monoisotopic (exact) mass is 284 g/mol. The van der Waals surface area contributed by atoms with E-state index in [1.54, 1.807) is 19.1 Å². The van der Waals surface area contributed by atoms with Gasteiger partial charge in [0.1, 0.15) is 17.2 Å². The van der Waals surface area contributed by atoms with Gasteiger partial charge in [-0.15, -0.1) is 0 Å². The van der Waals surface area contributed by atoms with E-state index in [0.717, 1.165) is 0 Å². The van der Waals surface area contributed by atoms with Crippen LogP contribution < -0.4 is 10.4 Å². The molecule has 2 aromatic rings. The third-order valence-corrected chi connectivity index (χ3v) is 3.47. The minimum Gasteiger partial charge on any atom is -0.507 e. The molecular weight excluding hydrogens is 268 g/mol. The number of benzene rings is 2. The molecule has 0 aliphatic heterocycles. The standard InChI is InChI=1S/C17H16O4/c1-5-6-11-8(2)16(20)14-9(3)15(19)12(10(4)18)7-13(14)17(11)21/h5-7,19-21H,2-3H2,1,4H3. The van der Waals surface area contributed by atoms with Crippen molar-refractivity contribution in [3.63, 3.8) is 0 Å². The van der Waals surface area contributed by atoms with Gasteiger partial charge < -0.3 is 15.3 Å². The molecule has 0 saturated carbocycles. The summed E-state index contributed by atoms with van der Waals surface area (Å²) in [4.78, 5) is 11.6. The Labute approximate surface area is 121 Å². The van der Waals surface area contributed by atoms with Crippen LogP contribution in [-0.2, 0) is 0 Å². The third kappa shape index (κ3) is 2.05. The van der Waals surface area contributed by atoms with Gasteiger partial charge in [0.25, 0.3) is 0 Å². The number of rotatable bonds is 2. The zero-order valence-corrected chi connectivity index (χ0v) is 11.9. The molecule has 0 amide bonds. The van der Waals surface area contributed by atoms with Crippen LogP contribution in [0.5, 0.6) is 17.2 Å². The Kier molecular flexibility index (Phi) is 3.47. The number of Topliss-reactive ketones (excluding diaryl/α,β-unsaturated/α-hetero) is 1. The molecule has 4 heteroatoms. The highest BCUT2D eigenvalue weighted by Crippen LogP contribution is 2.33. The fourth-order valence-corrected chi connectivity index (χ4v) is 2.37. The summed E-state index contributed by atoms with van der Waals surface area (Å²) in [5.74, 6) is -0.947. The van der Waals surface area contributed by atoms with Gasteiger partial charge in [-0.2, -0.15) is 0 Å². The van der Waals surface area contributed by atoms with E-state index in [9.17, 15) is 20.1 Å². The van der Waals surface area contributed by atoms with Crippen LogP contribution in [0, 0.1) is 0 Å². The van der Waals surface area contributed by atoms with Crippen LogP contribution in [0.2, 0.25) is 0 Å². The summed E-state index contributed by atoms with van der Waals surface area (Å²) >= 11 is 0. The van der Waals surface area contributed by atoms with Gasteiger partial charge in [0, 0.05) is 26.8 Å². The van der Waals surface area contributed by atoms with E-state index in [0.29, 0.717) is 5.56 Å². The van der Waals surface area contributed by atoms with Crippen molar-refractivity contribution >= 4 is 35.8 Å². The second-order valence-corrected chi connectivity index (χ2v) is 4.82. The van der Waals surface area contributed by atoms with E-state index in [2.05, 4.69) is 13.2 Å². The molecule has 0 aliphatic carbocycles. The molecule has 0 saturated heterocycles. The maximum Gasteiger partial charge on any atom is 0.163 e. The Morgan fingerprint density at radius 1 is 1.10 bits per heavy atom. The second kappa shape index (κ2) is 4.98. The molecule has 0 heterocycles. The predicted molar refractivity (Wildman–Crippen MR) is 83.9 cm³/mol. The largest absolute Gasteiger partial charge is 0.507 e. The van der Waals surface area contributed by atoms with Gasteiger partial charge in [0.2, 0.25) is 0 Å². The molecule has 2 aromatic carbocycles. The number of carbonyl (C=O) groups excluding carboxylic acids is 1. The molecule has 0 atom stereocenters. The summed E-state index contributed by atoms with van der Waals surface area (Å²) in [6.45, 7) is 10.5. The molecule has 0 aromatic heterocycles. The molecule has 0 unspecified atom stereocenters. The average molecular weight is 284 g/mol. The van der Waals surface area contributed by atoms with E-state index in [4.69, 9.17) is 0 Å². The molecule has 4 nitrogen and oxygen atoms in total. The summed E-state index contributed by atoms with van der Waals surface area (Å²) in [6, 6.07) is 1.35. The molecule has 0 spiro atoms. The Morgan fingerprint density at radius 3 is 2.24 bits per heavy atom. The maximum atomic E-state index is 11.6. The smallest absolute Gasteiger partial charge is 0.163 e. The van der Waals surface area contributed by atoms with E-state index in [1.165, 1.54) is 13.0 Å². The first kappa shape index (κ1) is 14.7. The zero-order valence-electron chi connectivity index (χ0n) is 11.9. The fourth-order valence-electron chi connectivity index (χ4n) is 2.37. The van der Waals surface area contributed by atoms with E-state index in [1.807, 2.05) is 0 Å².